The van der Waals surface area contributed by atoms with Gasteiger partial charge in [-0.25, -0.2) is 0 Å². The number of methoxy groups -OCH3 is 2. The molecule has 0 radical (unpaired) electrons. The van der Waals surface area contributed by atoms with Crippen molar-refractivity contribution in [2.75, 3.05) is 40.6 Å². The van der Waals surface area contributed by atoms with Crippen molar-refractivity contribution in [2.24, 2.45) is 0 Å². The minimum absolute atomic E-state index is 0.0463. The van der Waals surface area contributed by atoms with Crippen molar-refractivity contribution in [3.8, 4) is 11.5 Å². The third kappa shape index (κ3) is 5.36. The monoisotopic (exact) mass is 334 g/mol. The lowest BCUT2D eigenvalue weighted by atomic mass is 10.2. The molecule has 0 aliphatic carbocycles. The average molecular weight is 335 g/mol. The van der Waals surface area contributed by atoms with Crippen LogP contribution in [-0.2, 0) is 16.1 Å². The summed E-state index contributed by atoms with van der Waals surface area (Å²) in [6.07, 6.45) is 0. The van der Waals surface area contributed by atoms with Crippen LogP contribution in [0, 0.1) is 0 Å². The van der Waals surface area contributed by atoms with Crippen molar-refractivity contribution in [1.82, 2.24) is 0 Å². The zero-order valence-corrected chi connectivity index (χ0v) is 12.7. The highest BCUT2D eigenvalue weighted by Gasteiger charge is 2.11. The van der Waals surface area contributed by atoms with Gasteiger partial charge in [-0.15, -0.1) is 0 Å². The first-order chi connectivity index (χ1) is 9.22. The first-order valence-corrected chi connectivity index (χ1v) is 6.69. The van der Waals surface area contributed by atoms with Gasteiger partial charge in [0.15, 0.2) is 11.5 Å². The Morgan fingerprint density at radius 2 is 1.84 bits per heavy atom. The van der Waals surface area contributed by atoms with E-state index in [0.717, 1.165) is 10.0 Å². The molecule has 0 aromatic heterocycles. The van der Waals surface area contributed by atoms with Crippen molar-refractivity contribution in [3.63, 3.8) is 0 Å². The highest BCUT2D eigenvalue weighted by Crippen LogP contribution is 2.36. The Balaban J connectivity index is 2.52. The van der Waals surface area contributed by atoms with Crippen LogP contribution in [0.1, 0.15) is 5.56 Å². The van der Waals surface area contributed by atoms with Gasteiger partial charge >= 0.3 is 0 Å². The van der Waals surface area contributed by atoms with Crippen LogP contribution >= 0.6 is 15.9 Å². The molecule has 19 heavy (non-hydrogen) atoms. The maximum atomic E-state index is 9.12. The second-order valence-corrected chi connectivity index (χ2v) is 4.58. The molecule has 0 atom stereocenters. The van der Waals surface area contributed by atoms with E-state index >= 15 is 0 Å². The number of halogens is 1. The lowest BCUT2D eigenvalue weighted by Crippen LogP contribution is -2.10. The zero-order chi connectivity index (χ0) is 14.1. The Hall–Kier alpha value is -0.820. The molecule has 0 bridgehead atoms. The third-order valence-electron chi connectivity index (χ3n) is 2.38. The Labute approximate surface area is 121 Å². The van der Waals surface area contributed by atoms with Gasteiger partial charge in [0.05, 0.1) is 38.0 Å². The molecule has 0 amide bonds. The SMILES string of the molecule is COCCOCCOc1c(Br)cc(CO)cc1OC. The van der Waals surface area contributed by atoms with Crippen LogP contribution in [0.5, 0.6) is 11.5 Å². The largest absolute Gasteiger partial charge is 0.493 e. The molecular weight excluding hydrogens is 316 g/mol. The van der Waals surface area contributed by atoms with Crippen molar-refractivity contribution < 1.29 is 24.1 Å². The van der Waals surface area contributed by atoms with Gasteiger partial charge in [-0.3, -0.25) is 0 Å². The minimum atomic E-state index is -0.0463. The summed E-state index contributed by atoms with van der Waals surface area (Å²) in [7, 11) is 3.19. The molecule has 1 aromatic rings. The van der Waals surface area contributed by atoms with Crippen molar-refractivity contribution in [2.45, 2.75) is 6.61 Å². The van der Waals surface area contributed by atoms with Gasteiger partial charge in [0.25, 0.3) is 0 Å². The second kappa shape index (κ2) is 9.14. The molecule has 0 saturated heterocycles. The topological polar surface area (TPSA) is 57.2 Å². The van der Waals surface area contributed by atoms with E-state index in [-0.39, 0.29) is 6.61 Å². The molecule has 6 heteroatoms. The van der Waals surface area contributed by atoms with Crippen LogP contribution in [0.4, 0.5) is 0 Å². The van der Waals surface area contributed by atoms with Crippen LogP contribution in [0.15, 0.2) is 16.6 Å². The van der Waals surface area contributed by atoms with E-state index in [4.69, 9.17) is 24.1 Å². The average Bonchev–Trinajstić information content (AvgIpc) is 2.43. The highest BCUT2D eigenvalue weighted by atomic mass is 79.9. The van der Waals surface area contributed by atoms with E-state index in [1.165, 1.54) is 0 Å². The van der Waals surface area contributed by atoms with Crippen molar-refractivity contribution >= 4 is 15.9 Å². The molecule has 0 aliphatic rings. The molecule has 0 heterocycles. The number of aliphatic hydroxyl groups excluding tert-OH is 1. The summed E-state index contributed by atoms with van der Waals surface area (Å²) in [6.45, 7) is 1.95. The standard InChI is InChI=1S/C13H19BrO5/c1-16-3-4-18-5-6-19-13-11(14)7-10(9-15)8-12(13)17-2/h7-8,15H,3-6,9H2,1-2H3. The summed E-state index contributed by atoms with van der Waals surface area (Å²) in [4.78, 5) is 0. The molecule has 0 aliphatic heterocycles. The van der Waals surface area contributed by atoms with Gasteiger partial charge in [0, 0.05) is 7.11 Å². The second-order valence-electron chi connectivity index (χ2n) is 3.72. The molecule has 0 fully saturated rings. The Morgan fingerprint density at radius 1 is 1.11 bits per heavy atom. The number of rotatable bonds is 9. The van der Waals surface area contributed by atoms with E-state index in [2.05, 4.69) is 15.9 Å². The molecule has 0 saturated carbocycles. The first kappa shape index (κ1) is 16.2. The molecule has 108 valence electrons. The van der Waals surface area contributed by atoms with E-state index in [0.29, 0.717) is 37.9 Å². The summed E-state index contributed by atoms with van der Waals surface area (Å²) >= 11 is 3.40. The van der Waals surface area contributed by atoms with Crippen LogP contribution in [0.3, 0.4) is 0 Å². The van der Waals surface area contributed by atoms with Gasteiger partial charge in [-0.1, -0.05) is 0 Å². The summed E-state index contributed by atoms with van der Waals surface area (Å²) in [5, 5.41) is 9.12. The number of benzene rings is 1. The summed E-state index contributed by atoms with van der Waals surface area (Å²) < 4.78 is 21.8. The Kier molecular flexibility index (Phi) is 7.81. The van der Waals surface area contributed by atoms with Crippen LogP contribution in [0.2, 0.25) is 0 Å². The third-order valence-corrected chi connectivity index (χ3v) is 2.97. The molecular formula is C13H19BrO5. The van der Waals surface area contributed by atoms with Crippen molar-refractivity contribution in [3.05, 3.63) is 22.2 Å². The lowest BCUT2D eigenvalue weighted by Gasteiger charge is -2.14. The smallest absolute Gasteiger partial charge is 0.175 e. The van der Waals surface area contributed by atoms with E-state index < -0.39 is 0 Å². The lowest BCUT2D eigenvalue weighted by molar-refractivity contribution is 0.0538. The molecule has 0 spiro atoms. The predicted molar refractivity (Wildman–Crippen MR) is 74.8 cm³/mol. The predicted octanol–water partition coefficient (Wildman–Crippen LogP) is 1.99. The highest BCUT2D eigenvalue weighted by molar-refractivity contribution is 9.10. The number of ether oxygens (including phenoxy) is 4. The summed E-state index contributed by atoms with van der Waals surface area (Å²) in [5.74, 6) is 1.19. The number of aliphatic hydroxyl groups is 1. The van der Waals surface area contributed by atoms with Crippen molar-refractivity contribution in [1.29, 1.82) is 0 Å². The number of hydrogen-bond donors (Lipinski definition) is 1. The summed E-state index contributed by atoms with van der Waals surface area (Å²) in [6, 6.07) is 3.54. The molecule has 5 nitrogen and oxygen atoms in total. The fourth-order valence-electron chi connectivity index (χ4n) is 1.45. The minimum Gasteiger partial charge on any atom is -0.493 e. The van der Waals surface area contributed by atoms with E-state index in [1.54, 1.807) is 26.4 Å². The van der Waals surface area contributed by atoms with Crippen LogP contribution < -0.4 is 9.47 Å². The van der Waals surface area contributed by atoms with Crippen LogP contribution in [-0.4, -0.2) is 45.8 Å². The van der Waals surface area contributed by atoms with Gasteiger partial charge in [0.2, 0.25) is 0 Å². The van der Waals surface area contributed by atoms with Gasteiger partial charge in [0.1, 0.15) is 6.61 Å². The van der Waals surface area contributed by atoms with E-state index in [1.807, 2.05) is 0 Å². The maximum Gasteiger partial charge on any atom is 0.175 e. The normalized spacial score (nSPS) is 10.5. The van der Waals surface area contributed by atoms with Gasteiger partial charge in [-0.2, -0.15) is 0 Å². The van der Waals surface area contributed by atoms with E-state index in [9.17, 15) is 0 Å². The van der Waals surface area contributed by atoms with Gasteiger partial charge in [-0.05, 0) is 33.6 Å². The Morgan fingerprint density at radius 3 is 2.47 bits per heavy atom. The molecule has 0 unspecified atom stereocenters. The molecule has 1 rings (SSSR count). The fourth-order valence-corrected chi connectivity index (χ4v) is 2.06. The quantitative estimate of drug-likeness (QED) is 0.700. The molecule has 1 aromatic carbocycles. The summed E-state index contributed by atoms with van der Waals surface area (Å²) in [5.41, 5.74) is 0.757. The maximum absolute atomic E-state index is 9.12. The number of hydrogen-bond acceptors (Lipinski definition) is 5. The van der Waals surface area contributed by atoms with Gasteiger partial charge < -0.3 is 24.1 Å². The van der Waals surface area contributed by atoms with Crippen LogP contribution in [0.25, 0.3) is 0 Å². The molecule has 1 N–H and O–H groups in total. The first-order valence-electron chi connectivity index (χ1n) is 5.89. The Bertz CT molecular complexity index is 384. The fraction of sp³-hybridized carbons (Fsp3) is 0.538. The zero-order valence-electron chi connectivity index (χ0n) is 11.1.